The summed E-state index contributed by atoms with van der Waals surface area (Å²) in [5.74, 6) is -0.238. The molecule has 2 heterocycles. The molecular weight excluding hydrogens is 240 g/mol. The van der Waals surface area contributed by atoms with E-state index in [-0.39, 0.29) is 19.1 Å². The molecule has 0 saturated carbocycles. The van der Waals surface area contributed by atoms with Gasteiger partial charge in [-0.25, -0.2) is 0 Å². The summed E-state index contributed by atoms with van der Waals surface area (Å²) in [6.45, 7) is 3.50. The van der Waals surface area contributed by atoms with Gasteiger partial charge >= 0.3 is 6.29 Å². The van der Waals surface area contributed by atoms with E-state index in [0.29, 0.717) is 5.69 Å². The third-order valence-corrected chi connectivity index (χ3v) is 2.81. The van der Waals surface area contributed by atoms with Gasteiger partial charge in [0.1, 0.15) is 0 Å². The van der Waals surface area contributed by atoms with Gasteiger partial charge in [0.05, 0.1) is 13.2 Å². The molecule has 1 saturated heterocycles. The van der Waals surface area contributed by atoms with Gasteiger partial charge in [0.25, 0.3) is 0 Å². The highest BCUT2D eigenvalue weighted by Crippen LogP contribution is 2.28. The number of halogens is 2. The summed E-state index contributed by atoms with van der Waals surface area (Å²) in [6, 6.07) is 3.78. The molecule has 5 heteroatoms. The highest BCUT2D eigenvalue weighted by Gasteiger charge is 2.38. The number of alkyl halides is 2. The second kappa shape index (κ2) is 5.54. The maximum atomic E-state index is 12.6. The predicted molar refractivity (Wildman–Crippen MR) is 62.3 cm³/mol. The van der Waals surface area contributed by atoms with Crippen molar-refractivity contribution in [1.82, 2.24) is 4.98 Å². The molecule has 2 rings (SSSR count). The Hall–Kier alpha value is -1.33. The highest BCUT2D eigenvalue weighted by molar-refractivity contribution is 5.17. The standard InChI is InChI=1S/C13H15F2NO2/c1-2-3-4-10-5-6-12(16-7-10)11-8-17-13(14,15)18-9-11/h2,5-7,11H,1,3-4,8-9H2. The van der Waals surface area contributed by atoms with Crippen LogP contribution in [0.3, 0.4) is 0 Å². The van der Waals surface area contributed by atoms with Crippen molar-refractivity contribution in [2.24, 2.45) is 0 Å². The van der Waals surface area contributed by atoms with E-state index in [2.05, 4.69) is 21.0 Å². The highest BCUT2D eigenvalue weighted by atomic mass is 19.3. The van der Waals surface area contributed by atoms with Crippen LogP contribution in [0.15, 0.2) is 31.0 Å². The van der Waals surface area contributed by atoms with Gasteiger partial charge in [-0.05, 0) is 24.5 Å². The van der Waals surface area contributed by atoms with Gasteiger partial charge in [-0.1, -0.05) is 12.1 Å². The molecule has 0 amide bonds. The molecule has 0 aromatic carbocycles. The van der Waals surface area contributed by atoms with E-state index in [4.69, 9.17) is 0 Å². The second-order valence-corrected chi connectivity index (χ2v) is 4.20. The lowest BCUT2D eigenvalue weighted by atomic mass is 10.0. The van der Waals surface area contributed by atoms with Crippen LogP contribution in [0.1, 0.15) is 23.6 Å². The minimum absolute atomic E-state index is 0.0774. The molecule has 0 bridgehead atoms. The number of nitrogens with zero attached hydrogens (tertiary/aromatic N) is 1. The van der Waals surface area contributed by atoms with Crippen LogP contribution in [0.5, 0.6) is 0 Å². The fourth-order valence-corrected chi connectivity index (χ4v) is 1.75. The van der Waals surface area contributed by atoms with E-state index in [0.717, 1.165) is 18.4 Å². The topological polar surface area (TPSA) is 31.4 Å². The average Bonchev–Trinajstić information content (AvgIpc) is 2.37. The first-order valence-electron chi connectivity index (χ1n) is 5.82. The van der Waals surface area contributed by atoms with E-state index in [1.54, 1.807) is 6.20 Å². The van der Waals surface area contributed by atoms with E-state index in [9.17, 15) is 8.78 Å². The van der Waals surface area contributed by atoms with Crippen molar-refractivity contribution in [2.45, 2.75) is 25.1 Å². The Morgan fingerprint density at radius 3 is 2.67 bits per heavy atom. The quantitative estimate of drug-likeness (QED) is 0.775. The first-order chi connectivity index (χ1) is 8.61. The molecule has 18 heavy (non-hydrogen) atoms. The maximum Gasteiger partial charge on any atom is 0.485 e. The first-order valence-corrected chi connectivity index (χ1v) is 5.82. The Morgan fingerprint density at radius 1 is 1.39 bits per heavy atom. The minimum atomic E-state index is -3.46. The molecule has 3 nitrogen and oxygen atoms in total. The molecule has 1 aliphatic heterocycles. The van der Waals surface area contributed by atoms with Gasteiger partial charge in [0, 0.05) is 17.8 Å². The van der Waals surface area contributed by atoms with Gasteiger partial charge in [-0.2, -0.15) is 0 Å². The number of aromatic nitrogens is 1. The molecule has 0 spiro atoms. The van der Waals surface area contributed by atoms with Crippen LogP contribution < -0.4 is 0 Å². The van der Waals surface area contributed by atoms with E-state index in [1.807, 2.05) is 18.2 Å². The molecule has 1 aliphatic rings. The van der Waals surface area contributed by atoms with Crippen LogP contribution in [0, 0.1) is 0 Å². The molecule has 98 valence electrons. The Morgan fingerprint density at radius 2 is 2.11 bits per heavy atom. The van der Waals surface area contributed by atoms with Gasteiger partial charge in [-0.3, -0.25) is 14.5 Å². The van der Waals surface area contributed by atoms with Gasteiger partial charge in [0.15, 0.2) is 0 Å². The van der Waals surface area contributed by atoms with Crippen molar-refractivity contribution < 1.29 is 18.3 Å². The zero-order chi connectivity index (χ0) is 13.0. The largest absolute Gasteiger partial charge is 0.485 e. The molecule has 0 radical (unpaired) electrons. The molecular formula is C13H15F2NO2. The van der Waals surface area contributed by atoms with Crippen molar-refractivity contribution in [3.8, 4) is 0 Å². The minimum Gasteiger partial charge on any atom is -0.295 e. The molecule has 0 atom stereocenters. The van der Waals surface area contributed by atoms with Crippen LogP contribution in [0.2, 0.25) is 0 Å². The fourth-order valence-electron chi connectivity index (χ4n) is 1.75. The van der Waals surface area contributed by atoms with Crippen LogP contribution in [-0.4, -0.2) is 24.5 Å². The Balaban J connectivity index is 1.95. The van der Waals surface area contributed by atoms with Crippen LogP contribution in [-0.2, 0) is 15.9 Å². The Kier molecular flexibility index (Phi) is 4.04. The number of hydrogen-bond donors (Lipinski definition) is 0. The number of hydrogen-bond acceptors (Lipinski definition) is 3. The third kappa shape index (κ3) is 3.34. The zero-order valence-electron chi connectivity index (χ0n) is 9.94. The molecule has 0 aliphatic carbocycles. The van der Waals surface area contributed by atoms with Crippen LogP contribution >= 0.6 is 0 Å². The second-order valence-electron chi connectivity index (χ2n) is 4.20. The number of pyridine rings is 1. The fraction of sp³-hybridized carbons (Fsp3) is 0.462. The Bertz CT molecular complexity index is 396. The summed E-state index contributed by atoms with van der Waals surface area (Å²) in [5.41, 5.74) is 1.81. The number of allylic oxidation sites excluding steroid dienone is 1. The summed E-state index contributed by atoms with van der Waals surface area (Å²) in [5, 5.41) is 0. The van der Waals surface area contributed by atoms with E-state index >= 15 is 0 Å². The molecule has 1 fully saturated rings. The van der Waals surface area contributed by atoms with Gasteiger partial charge in [-0.15, -0.1) is 15.4 Å². The van der Waals surface area contributed by atoms with Crippen LogP contribution in [0.25, 0.3) is 0 Å². The molecule has 1 aromatic rings. The van der Waals surface area contributed by atoms with Crippen molar-refractivity contribution in [3.63, 3.8) is 0 Å². The van der Waals surface area contributed by atoms with Gasteiger partial charge in [0.2, 0.25) is 0 Å². The third-order valence-electron chi connectivity index (χ3n) is 2.81. The SMILES string of the molecule is C=CCCc1ccc(C2COC(F)(F)OC2)nc1. The molecule has 1 aromatic heterocycles. The molecule has 0 unspecified atom stereocenters. The van der Waals surface area contributed by atoms with Crippen molar-refractivity contribution >= 4 is 0 Å². The first kappa shape index (κ1) is 13.1. The summed E-state index contributed by atoms with van der Waals surface area (Å²) in [4.78, 5) is 4.26. The maximum absolute atomic E-state index is 12.6. The lowest BCUT2D eigenvalue weighted by molar-refractivity contribution is -0.414. The smallest absolute Gasteiger partial charge is 0.295 e. The summed E-state index contributed by atoms with van der Waals surface area (Å²) < 4.78 is 33.9. The lowest BCUT2D eigenvalue weighted by Gasteiger charge is -2.27. The van der Waals surface area contributed by atoms with Crippen molar-refractivity contribution in [1.29, 1.82) is 0 Å². The van der Waals surface area contributed by atoms with Crippen LogP contribution in [0.4, 0.5) is 8.78 Å². The summed E-state index contributed by atoms with van der Waals surface area (Å²) >= 11 is 0. The van der Waals surface area contributed by atoms with Gasteiger partial charge < -0.3 is 0 Å². The summed E-state index contributed by atoms with van der Waals surface area (Å²) in [7, 11) is 0. The normalized spacial score (nSPS) is 19.7. The van der Waals surface area contributed by atoms with E-state index in [1.165, 1.54) is 0 Å². The average molecular weight is 255 g/mol. The van der Waals surface area contributed by atoms with Crippen molar-refractivity contribution in [2.75, 3.05) is 13.2 Å². The lowest BCUT2D eigenvalue weighted by Crippen LogP contribution is -2.36. The summed E-state index contributed by atoms with van der Waals surface area (Å²) in [6.07, 6.45) is 1.92. The number of ether oxygens (including phenoxy) is 2. The predicted octanol–water partition coefficient (Wildman–Crippen LogP) is 2.88. The Labute approximate surface area is 104 Å². The van der Waals surface area contributed by atoms with E-state index < -0.39 is 6.29 Å². The monoisotopic (exact) mass is 255 g/mol. The number of aryl methyl sites for hydroxylation is 1. The number of rotatable bonds is 4. The molecule has 0 N–H and O–H groups in total. The zero-order valence-corrected chi connectivity index (χ0v) is 9.94. The van der Waals surface area contributed by atoms with Crippen molar-refractivity contribution in [3.05, 3.63) is 42.2 Å².